The number of rotatable bonds is 9. The number of aromatic amines is 1. The van der Waals surface area contributed by atoms with Gasteiger partial charge in [-0.1, -0.05) is 72.3 Å². The fourth-order valence-corrected chi connectivity index (χ4v) is 7.47. The van der Waals surface area contributed by atoms with Crippen molar-refractivity contribution in [3.8, 4) is 0 Å². The SMILES string of the molecule is CO[C@H]1C(=O)N[C@]2(O)CC(=O)N(C)CC(=O)N[C@H](Cc3c[nH]c4cc(Cl)ccc34)C(=O)NCC(=O)NC[C@H](O)CC(=O)N[C@H]([C@@H](O)[C@@H](O)C/C=C/C=C/c3ccccc3)[C@@H](O)C(=O)N[C@@H]12. The zero-order valence-electron chi connectivity index (χ0n) is 35.4. The molecule has 2 aromatic carbocycles. The van der Waals surface area contributed by atoms with Crippen LogP contribution in [0.2, 0.25) is 5.02 Å². The lowest BCUT2D eigenvalue weighted by Crippen LogP contribution is -2.64. The van der Waals surface area contributed by atoms with E-state index in [1.54, 1.807) is 42.6 Å². The number of fused-ring (bicyclic) bond motifs is 2. The fourth-order valence-electron chi connectivity index (χ4n) is 7.30. The Morgan fingerprint density at radius 2 is 1.65 bits per heavy atom. The Morgan fingerprint density at radius 3 is 2.37 bits per heavy atom. The van der Waals surface area contributed by atoms with Crippen molar-refractivity contribution in [3.05, 3.63) is 89.1 Å². The summed E-state index contributed by atoms with van der Waals surface area (Å²) in [5.41, 5.74) is -0.495. The second-order valence-electron chi connectivity index (χ2n) is 15.7. The molecule has 65 heavy (non-hydrogen) atoms. The molecule has 0 bridgehead atoms. The molecule has 0 unspecified atom stereocenters. The largest absolute Gasteiger partial charge is 0.391 e. The van der Waals surface area contributed by atoms with Gasteiger partial charge in [-0.25, -0.2) is 0 Å². The summed E-state index contributed by atoms with van der Waals surface area (Å²) in [6, 6.07) is 9.14. The first kappa shape index (κ1) is 49.8. The number of allylic oxidation sites excluding steroid dienone is 2. The third-order valence-corrected chi connectivity index (χ3v) is 11.0. The highest BCUT2D eigenvalue weighted by molar-refractivity contribution is 6.31. The number of H-pyrrole nitrogens is 1. The number of benzene rings is 2. The molecule has 22 heteroatoms. The number of carbonyl (C=O) groups is 7. The average Bonchev–Trinajstić information content (AvgIpc) is 3.77. The average molecular weight is 925 g/mol. The van der Waals surface area contributed by atoms with Gasteiger partial charge in [0.15, 0.2) is 17.9 Å². The number of amides is 7. The van der Waals surface area contributed by atoms with E-state index in [4.69, 9.17) is 16.3 Å². The van der Waals surface area contributed by atoms with E-state index in [-0.39, 0.29) is 12.8 Å². The van der Waals surface area contributed by atoms with Crippen LogP contribution in [-0.4, -0.2) is 165 Å². The maximum Gasteiger partial charge on any atom is 0.253 e. The number of hydrogen-bond donors (Lipinski definition) is 12. The van der Waals surface area contributed by atoms with Crippen molar-refractivity contribution in [3.63, 3.8) is 0 Å². The Balaban J connectivity index is 1.39. The third-order valence-electron chi connectivity index (χ3n) is 10.8. The van der Waals surface area contributed by atoms with Crippen LogP contribution in [0, 0.1) is 0 Å². The lowest BCUT2D eigenvalue weighted by atomic mass is 9.95. The van der Waals surface area contributed by atoms with E-state index in [2.05, 4.69) is 36.9 Å². The van der Waals surface area contributed by atoms with Gasteiger partial charge in [0.1, 0.15) is 18.2 Å². The third kappa shape index (κ3) is 13.4. The molecule has 2 fully saturated rings. The molecule has 0 aliphatic carbocycles. The van der Waals surface area contributed by atoms with E-state index in [9.17, 15) is 59.1 Å². The number of aliphatic hydroxyl groups excluding tert-OH is 4. The Morgan fingerprint density at radius 1 is 0.908 bits per heavy atom. The number of hydrogen-bond acceptors (Lipinski definition) is 13. The van der Waals surface area contributed by atoms with Gasteiger partial charge in [0, 0.05) is 49.2 Å². The number of nitrogens with one attached hydrogen (secondary N) is 7. The van der Waals surface area contributed by atoms with Crippen molar-refractivity contribution in [1.29, 1.82) is 0 Å². The summed E-state index contributed by atoms with van der Waals surface area (Å²) in [6.07, 6.45) is -3.41. The van der Waals surface area contributed by atoms with Crippen molar-refractivity contribution in [2.24, 2.45) is 0 Å². The quantitative estimate of drug-likeness (QED) is 0.0970. The van der Waals surface area contributed by atoms with E-state index in [0.717, 1.165) is 17.6 Å². The summed E-state index contributed by atoms with van der Waals surface area (Å²) in [4.78, 5) is 97.2. The van der Waals surface area contributed by atoms with Crippen molar-refractivity contribution in [2.45, 2.75) is 80.1 Å². The molecule has 0 radical (unpaired) electrons. The zero-order chi connectivity index (χ0) is 47.4. The molecule has 1 aromatic heterocycles. The minimum Gasteiger partial charge on any atom is -0.391 e. The molecular formula is C43H53ClN8O13. The minimum absolute atomic E-state index is 0.0980. The van der Waals surface area contributed by atoms with E-state index in [1.165, 1.54) is 13.1 Å². The molecule has 9 atom stereocenters. The van der Waals surface area contributed by atoms with Gasteiger partial charge in [0.25, 0.3) is 11.8 Å². The molecule has 2 saturated heterocycles. The van der Waals surface area contributed by atoms with Gasteiger partial charge in [-0.15, -0.1) is 0 Å². The number of aliphatic hydroxyl groups is 5. The van der Waals surface area contributed by atoms with Crippen molar-refractivity contribution >= 4 is 69.9 Å². The van der Waals surface area contributed by atoms with Gasteiger partial charge < -0.3 is 72.1 Å². The topological polar surface area (TPSA) is 321 Å². The van der Waals surface area contributed by atoms with Crippen LogP contribution in [0.4, 0.5) is 0 Å². The molecule has 12 N–H and O–H groups in total. The first-order chi connectivity index (χ1) is 30.9. The summed E-state index contributed by atoms with van der Waals surface area (Å²) in [6.45, 7) is -1.84. The van der Waals surface area contributed by atoms with E-state index < -0.39 is 128 Å². The maximum absolute atomic E-state index is 13.8. The first-order valence-electron chi connectivity index (χ1n) is 20.5. The second kappa shape index (κ2) is 22.6. The number of β-amino-alcohol motifs (C(OH)–C–C–N with tert-alkyl or cyclic N) is 1. The summed E-state index contributed by atoms with van der Waals surface area (Å²) in [5, 5.41) is 71.1. The number of methoxy groups -OCH3 is 1. The maximum atomic E-state index is 13.8. The lowest BCUT2D eigenvalue weighted by Gasteiger charge is -2.34. The minimum atomic E-state index is -2.61. The Labute approximate surface area is 377 Å². The summed E-state index contributed by atoms with van der Waals surface area (Å²) >= 11 is 6.12. The van der Waals surface area contributed by atoms with Gasteiger partial charge in [-0.05, 0) is 29.7 Å². The van der Waals surface area contributed by atoms with Crippen LogP contribution in [0.25, 0.3) is 17.0 Å². The summed E-state index contributed by atoms with van der Waals surface area (Å²) in [5.74, 6) is -6.83. The molecule has 3 aromatic rings. The van der Waals surface area contributed by atoms with Crippen LogP contribution in [0.1, 0.15) is 30.4 Å². The molecule has 3 heterocycles. The first-order valence-corrected chi connectivity index (χ1v) is 20.9. The molecular weight excluding hydrogens is 872 g/mol. The molecule has 2 aliphatic rings. The summed E-state index contributed by atoms with van der Waals surface area (Å²) in [7, 11) is 2.26. The van der Waals surface area contributed by atoms with Crippen LogP contribution in [0.15, 0.2) is 73.0 Å². The van der Waals surface area contributed by atoms with E-state index in [0.29, 0.717) is 21.5 Å². The predicted molar refractivity (Wildman–Crippen MR) is 233 cm³/mol. The number of likely N-dealkylation sites (N-methyl/N-ethyl adjacent to an activating group) is 1. The van der Waals surface area contributed by atoms with Crippen LogP contribution >= 0.6 is 11.6 Å². The van der Waals surface area contributed by atoms with Crippen LogP contribution in [0.5, 0.6) is 0 Å². The fraction of sp³-hybridized carbons (Fsp3) is 0.419. The van der Waals surface area contributed by atoms with Gasteiger partial charge in [-0.2, -0.15) is 0 Å². The zero-order valence-corrected chi connectivity index (χ0v) is 36.2. The van der Waals surface area contributed by atoms with Gasteiger partial charge >= 0.3 is 0 Å². The number of carbonyl (C=O) groups excluding carboxylic acids is 7. The van der Waals surface area contributed by atoms with Gasteiger partial charge in [0.2, 0.25) is 29.5 Å². The highest BCUT2D eigenvalue weighted by Crippen LogP contribution is 2.26. The monoisotopic (exact) mass is 924 g/mol. The molecule has 2 aliphatic heterocycles. The molecule has 0 spiro atoms. The standard InChI is InChI=1S/C43H53ClN8O13/c1-52-22-33(57)48-29(15-24-19-45-28-16-25(44)13-14-27(24)28)40(61)47-21-32(56)46-20-26(53)17-31(55)49-35(36(59)30(54)12-8-4-7-11-23-9-5-3-6-10-23)37(60)41(62)50-39-38(65-2)42(63)51-43(39,64)18-34(52)58/h3-11,13-14,16,19,26,29-30,35-39,45,53-54,59-60,64H,12,15,17-18,20-22H2,1-2H3,(H,46,56)(H,47,61)(H,48,57)(H,49,55)(H,50,62)(H,51,63)/b8-4+,11-7+/t26-,29-,30+,35-,36+,37-,38-,39+,43+/m1/s1. The van der Waals surface area contributed by atoms with Crippen molar-refractivity contribution in [1.82, 2.24) is 41.8 Å². The smallest absolute Gasteiger partial charge is 0.253 e. The van der Waals surface area contributed by atoms with Crippen molar-refractivity contribution in [2.75, 3.05) is 33.8 Å². The molecule has 5 rings (SSSR count). The number of ether oxygens (including phenoxy) is 1. The van der Waals surface area contributed by atoms with E-state index in [1.807, 2.05) is 30.3 Å². The number of halogens is 1. The highest BCUT2D eigenvalue weighted by atomic mass is 35.5. The number of nitrogens with zero attached hydrogens (tertiary/aromatic N) is 1. The van der Waals surface area contributed by atoms with Gasteiger partial charge in [0.05, 0.1) is 44.2 Å². The van der Waals surface area contributed by atoms with E-state index >= 15 is 0 Å². The normalized spacial score (nSPS) is 27.1. The Bertz CT molecular complexity index is 2280. The highest BCUT2D eigenvalue weighted by Gasteiger charge is 2.55. The molecule has 0 saturated carbocycles. The predicted octanol–water partition coefficient (Wildman–Crippen LogP) is -2.76. The lowest BCUT2D eigenvalue weighted by molar-refractivity contribution is -0.146. The summed E-state index contributed by atoms with van der Waals surface area (Å²) < 4.78 is 5.22. The van der Waals surface area contributed by atoms with Crippen LogP contribution < -0.4 is 31.9 Å². The van der Waals surface area contributed by atoms with Crippen LogP contribution in [0.3, 0.4) is 0 Å². The molecule has 7 amide bonds. The van der Waals surface area contributed by atoms with Crippen molar-refractivity contribution < 1.29 is 63.8 Å². The Kier molecular flexibility index (Phi) is 17.3. The van der Waals surface area contributed by atoms with Gasteiger partial charge in [-0.3, -0.25) is 33.6 Å². The van der Waals surface area contributed by atoms with Crippen LogP contribution in [-0.2, 0) is 44.7 Å². The molecule has 21 nitrogen and oxygen atoms in total. The Hall–Kier alpha value is -6.20. The second-order valence-corrected chi connectivity index (χ2v) is 16.2. The number of aromatic nitrogens is 1. The molecule has 350 valence electrons.